The number of aromatic nitrogens is 4. The molecule has 0 saturated heterocycles. The second-order valence-electron chi connectivity index (χ2n) is 3.32. The summed E-state index contributed by atoms with van der Waals surface area (Å²) in [5.41, 5.74) is 0.384. The molecule has 0 unspecified atom stereocenters. The van der Waals surface area contributed by atoms with Crippen LogP contribution in [-0.4, -0.2) is 24.2 Å². The monoisotopic (exact) mass is 263 g/mol. The van der Waals surface area contributed by atoms with E-state index in [4.69, 9.17) is 0 Å². The van der Waals surface area contributed by atoms with Crippen molar-refractivity contribution in [3.63, 3.8) is 0 Å². The van der Waals surface area contributed by atoms with Crippen LogP contribution in [-0.2, 0) is 0 Å². The maximum absolute atomic E-state index is 10.8. The number of hydrogen-bond donors (Lipinski definition) is 0. The van der Waals surface area contributed by atoms with Crippen LogP contribution < -0.4 is 0 Å². The molecule has 0 spiro atoms. The van der Waals surface area contributed by atoms with Gasteiger partial charge in [-0.2, -0.15) is 0 Å². The number of benzene rings is 1. The summed E-state index contributed by atoms with van der Waals surface area (Å²) in [7, 11) is 0. The standard InChI is InChI=1S/C9H5N5O3S/c15-14(16)6-1-2-7(9-8(6)11-17-12-9)18-13-4-3-10-5-13/h1-5H. The minimum atomic E-state index is -0.516. The summed E-state index contributed by atoms with van der Waals surface area (Å²) >= 11 is 1.32. The predicted molar refractivity (Wildman–Crippen MR) is 61.9 cm³/mol. The Morgan fingerprint density at radius 2 is 2.17 bits per heavy atom. The lowest BCUT2D eigenvalue weighted by Crippen LogP contribution is -1.91. The van der Waals surface area contributed by atoms with Crippen LogP contribution in [0.1, 0.15) is 0 Å². The van der Waals surface area contributed by atoms with Gasteiger partial charge in [-0.15, -0.1) is 0 Å². The zero-order valence-corrected chi connectivity index (χ0v) is 9.57. The first kappa shape index (κ1) is 10.7. The Morgan fingerprint density at radius 1 is 1.33 bits per heavy atom. The normalized spacial score (nSPS) is 10.9. The number of nitrogens with zero attached hydrogens (tertiary/aromatic N) is 5. The van der Waals surface area contributed by atoms with Gasteiger partial charge < -0.3 is 0 Å². The first-order valence-electron chi connectivity index (χ1n) is 4.81. The third-order valence-electron chi connectivity index (χ3n) is 2.24. The number of nitro benzene ring substituents is 1. The van der Waals surface area contributed by atoms with Crippen molar-refractivity contribution in [2.45, 2.75) is 4.90 Å². The summed E-state index contributed by atoms with van der Waals surface area (Å²) in [6.07, 6.45) is 5.01. The van der Waals surface area contributed by atoms with Gasteiger partial charge in [0.2, 0.25) is 5.52 Å². The van der Waals surface area contributed by atoms with Crippen molar-refractivity contribution in [3.8, 4) is 0 Å². The van der Waals surface area contributed by atoms with Crippen LogP contribution in [0.4, 0.5) is 5.69 Å². The van der Waals surface area contributed by atoms with Gasteiger partial charge in [-0.1, -0.05) is 0 Å². The first-order valence-corrected chi connectivity index (χ1v) is 5.59. The molecule has 0 atom stereocenters. The highest BCUT2D eigenvalue weighted by atomic mass is 32.2. The molecule has 0 saturated carbocycles. The van der Waals surface area contributed by atoms with Crippen molar-refractivity contribution in [2.75, 3.05) is 0 Å². The summed E-state index contributed by atoms with van der Waals surface area (Å²) in [6.45, 7) is 0. The second-order valence-corrected chi connectivity index (χ2v) is 4.36. The molecule has 3 rings (SSSR count). The van der Waals surface area contributed by atoms with Crippen molar-refractivity contribution in [3.05, 3.63) is 41.0 Å². The molecule has 8 nitrogen and oxygen atoms in total. The van der Waals surface area contributed by atoms with E-state index in [2.05, 4.69) is 19.9 Å². The number of imidazole rings is 1. The Morgan fingerprint density at radius 3 is 2.89 bits per heavy atom. The van der Waals surface area contributed by atoms with E-state index in [0.717, 1.165) is 0 Å². The molecule has 1 aromatic carbocycles. The molecule has 9 heteroatoms. The zero-order valence-electron chi connectivity index (χ0n) is 8.76. The predicted octanol–water partition coefficient (Wildman–Crippen LogP) is 1.88. The molecule has 2 aromatic heterocycles. The first-order chi connectivity index (χ1) is 8.75. The van der Waals surface area contributed by atoms with Crippen molar-refractivity contribution >= 4 is 28.7 Å². The summed E-state index contributed by atoms with van der Waals surface area (Å²) in [4.78, 5) is 14.9. The molecule has 0 radical (unpaired) electrons. The average molecular weight is 263 g/mol. The van der Waals surface area contributed by atoms with Gasteiger partial charge in [0.05, 0.1) is 9.82 Å². The minimum absolute atomic E-state index is 0.124. The van der Waals surface area contributed by atoms with E-state index in [1.54, 1.807) is 28.8 Å². The molecule has 0 N–H and O–H groups in total. The zero-order chi connectivity index (χ0) is 12.5. The van der Waals surface area contributed by atoms with Crippen LogP contribution in [0.2, 0.25) is 0 Å². The Labute approximate surface area is 104 Å². The van der Waals surface area contributed by atoms with Crippen molar-refractivity contribution in [1.82, 2.24) is 19.3 Å². The number of nitro groups is 1. The fraction of sp³-hybridized carbons (Fsp3) is 0. The van der Waals surface area contributed by atoms with Gasteiger partial charge in [-0.3, -0.25) is 14.1 Å². The van der Waals surface area contributed by atoms with E-state index in [1.165, 1.54) is 18.0 Å². The lowest BCUT2D eigenvalue weighted by atomic mass is 10.3. The topological polar surface area (TPSA) is 99.9 Å². The van der Waals surface area contributed by atoms with E-state index < -0.39 is 4.92 Å². The van der Waals surface area contributed by atoms with E-state index in [-0.39, 0.29) is 11.2 Å². The smallest absolute Gasteiger partial charge is 0.276 e. The highest BCUT2D eigenvalue weighted by Crippen LogP contribution is 2.31. The van der Waals surface area contributed by atoms with E-state index in [9.17, 15) is 10.1 Å². The fourth-order valence-corrected chi connectivity index (χ4v) is 2.26. The van der Waals surface area contributed by atoms with E-state index in [0.29, 0.717) is 10.4 Å². The van der Waals surface area contributed by atoms with Crippen LogP contribution >= 0.6 is 11.9 Å². The van der Waals surface area contributed by atoms with Crippen molar-refractivity contribution in [2.24, 2.45) is 0 Å². The number of fused-ring (bicyclic) bond motifs is 1. The van der Waals surface area contributed by atoms with E-state index >= 15 is 0 Å². The molecule has 90 valence electrons. The number of rotatable bonds is 3. The second kappa shape index (κ2) is 4.11. The molecule has 0 fully saturated rings. The fourth-order valence-electron chi connectivity index (χ4n) is 1.47. The number of hydrogen-bond acceptors (Lipinski definition) is 7. The van der Waals surface area contributed by atoms with Gasteiger partial charge in [0.15, 0.2) is 5.52 Å². The van der Waals surface area contributed by atoms with Gasteiger partial charge in [0, 0.05) is 18.5 Å². The summed E-state index contributed by atoms with van der Waals surface area (Å²) < 4.78 is 6.32. The molecule has 3 aromatic rings. The van der Waals surface area contributed by atoms with Crippen LogP contribution in [0.3, 0.4) is 0 Å². The van der Waals surface area contributed by atoms with Gasteiger partial charge in [-0.05, 0) is 28.3 Å². The Balaban J connectivity index is 2.11. The lowest BCUT2D eigenvalue weighted by molar-refractivity contribution is -0.383. The Kier molecular flexibility index (Phi) is 2.45. The van der Waals surface area contributed by atoms with Crippen molar-refractivity contribution < 1.29 is 9.55 Å². The highest BCUT2D eigenvalue weighted by molar-refractivity contribution is 7.98. The largest absolute Gasteiger partial charge is 0.300 e. The SMILES string of the molecule is O=[N+]([O-])c1ccc(Sn2ccnc2)c2nonc12. The van der Waals surface area contributed by atoms with Gasteiger partial charge in [-0.25, -0.2) is 9.61 Å². The highest BCUT2D eigenvalue weighted by Gasteiger charge is 2.19. The third kappa shape index (κ3) is 1.70. The summed E-state index contributed by atoms with van der Waals surface area (Å²) in [5, 5.41) is 18.1. The quantitative estimate of drug-likeness (QED) is 0.525. The minimum Gasteiger partial charge on any atom is -0.276 e. The van der Waals surface area contributed by atoms with Crippen LogP contribution in [0, 0.1) is 10.1 Å². The summed E-state index contributed by atoms with van der Waals surface area (Å²) in [5.74, 6) is 0. The molecular weight excluding hydrogens is 258 g/mol. The average Bonchev–Trinajstić information content (AvgIpc) is 2.98. The molecule has 0 aliphatic rings. The van der Waals surface area contributed by atoms with Crippen molar-refractivity contribution in [1.29, 1.82) is 0 Å². The molecule has 0 amide bonds. The van der Waals surface area contributed by atoms with E-state index in [1.807, 2.05) is 0 Å². The Hall–Kier alpha value is -2.42. The van der Waals surface area contributed by atoms with Gasteiger partial charge >= 0.3 is 5.69 Å². The molecule has 0 aliphatic heterocycles. The summed E-state index contributed by atoms with van der Waals surface area (Å²) in [6, 6.07) is 2.99. The number of non-ortho nitro benzene ring substituents is 1. The molecule has 2 heterocycles. The molecule has 18 heavy (non-hydrogen) atoms. The van der Waals surface area contributed by atoms with Gasteiger partial charge in [0.25, 0.3) is 0 Å². The van der Waals surface area contributed by atoms with Crippen LogP contribution in [0.5, 0.6) is 0 Å². The van der Waals surface area contributed by atoms with Crippen LogP contribution in [0.25, 0.3) is 11.0 Å². The molecule has 0 aliphatic carbocycles. The van der Waals surface area contributed by atoms with Crippen LogP contribution in [0.15, 0.2) is 40.4 Å². The van der Waals surface area contributed by atoms with Gasteiger partial charge in [0.1, 0.15) is 6.33 Å². The maximum atomic E-state index is 10.8. The molecular formula is C9H5N5O3S. The Bertz CT molecular complexity index is 708. The lowest BCUT2D eigenvalue weighted by Gasteiger charge is -2.00. The maximum Gasteiger partial charge on any atom is 0.300 e. The third-order valence-corrected chi connectivity index (χ3v) is 3.19. The molecule has 0 bridgehead atoms.